The Bertz CT molecular complexity index is 528. The molecule has 2 rings (SSSR count). The lowest BCUT2D eigenvalue weighted by Gasteiger charge is -2.33. The maximum Gasteiger partial charge on any atom is 0.178 e. The fourth-order valence-corrected chi connectivity index (χ4v) is 4.29. The topological polar surface area (TPSA) is 49.4 Å². The van der Waals surface area contributed by atoms with Gasteiger partial charge in [-0.3, -0.25) is 4.90 Å². The molecule has 1 aliphatic heterocycles. The second kappa shape index (κ2) is 6.03. The molecule has 0 bridgehead atoms. The summed E-state index contributed by atoms with van der Waals surface area (Å²) in [5.41, 5.74) is 0.959. The predicted octanol–water partition coefficient (Wildman–Crippen LogP) is 1.45. The first-order valence-electron chi connectivity index (χ1n) is 6.73. The molecule has 0 fully saturated rings. The number of benzene rings is 1. The van der Waals surface area contributed by atoms with Crippen LogP contribution in [0.5, 0.6) is 0 Å². The molecule has 0 radical (unpaired) electrons. The van der Waals surface area contributed by atoms with Gasteiger partial charge < -0.3 is 5.32 Å². The fraction of sp³-hybridized carbons (Fsp3) is 0.571. The number of hydrogen-bond acceptors (Lipinski definition) is 4. The summed E-state index contributed by atoms with van der Waals surface area (Å²) in [7, 11) is 0.953. The van der Waals surface area contributed by atoms with Gasteiger partial charge in [0.2, 0.25) is 0 Å². The van der Waals surface area contributed by atoms with E-state index in [2.05, 4.69) is 17.3 Å². The maximum atomic E-state index is 12.1. The molecule has 1 aromatic rings. The minimum Gasteiger partial charge on any atom is -0.320 e. The van der Waals surface area contributed by atoms with E-state index in [1.165, 1.54) is 0 Å². The Morgan fingerprint density at radius 3 is 2.84 bits per heavy atom. The minimum atomic E-state index is -3.07. The van der Waals surface area contributed by atoms with E-state index in [9.17, 15) is 8.42 Å². The quantitative estimate of drug-likeness (QED) is 0.830. The van der Waals surface area contributed by atoms with E-state index in [1.54, 1.807) is 12.1 Å². The van der Waals surface area contributed by atoms with Crippen LogP contribution >= 0.6 is 0 Å². The van der Waals surface area contributed by atoms with Crippen molar-refractivity contribution in [2.75, 3.05) is 32.9 Å². The second-order valence-electron chi connectivity index (χ2n) is 5.10. The molecular weight excluding hydrogens is 260 g/mol. The summed E-state index contributed by atoms with van der Waals surface area (Å²) >= 11 is 0. The fourth-order valence-electron chi connectivity index (χ4n) is 2.69. The van der Waals surface area contributed by atoms with E-state index in [1.807, 2.05) is 19.2 Å². The lowest BCUT2D eigenvalue weighted by atomic mass is 10.0. The summed E-state index contributed by atoms with van der Waals surface area (Å²) in [6.45, 7) is 1.96. The summed E-state index contributed by atoms with van der Waals surface area (Å²) in [5, 5.41) is 3.14. The SMILES string of the molecule is CNCCCN(C)C1CCS(=O)(=O)c2ccccc21. The van der Waals surface area contributed by atoms with E-state index in [4.69, 9.17) is 0 Å². The van der Waals surface area contributed by atoms with Crippen molar-refractivity contribution in [1.82, 2.24) is 10.2 Å². The lowest BCUT2D eigenvalue weighted by Crippen LogP contribution is -2.33. The zero-order chi connectivity index (χ0) is 13.9. The van der Waals surface area contributed by atoms with Crippen molar-refractivity contribution >= 4 is 9.84 Å². The van der Waals surface area contributed by atoms with Gasteiger partial charge >= 0.3 is 0 Å². The van der Waals surface area contributed by atoms with Gasteiger partial charge in [0, 0.05) is 6.04 Å². The molecule has 5 heteroatoms. The molecule has 0 saturated carbocycles. The van der Waals surface area contributed by atoms with Gasteiger partial charge in [-0.2, -0.15) is 0 Å². The molecule has 0 aliphatic carbocycles. The van der Waals surface area contributed by atoms with Gasteiger partial charge in [0.25, 0.3) is 0 Å². The van der Waals surface area contributed by atoms with Gasteiger partial charge in [-0.25, -0.2) is 8.42 Å². The van der Waals surface area contributed by atoms with E-state index in [0.29, 0.717) is 11.3 Å². The van der Waals surface area contributed by atoms with Crippen molar-refractivity contribution in [3.05, 3.63) is 29.8 Å². The molecule has 1 aliphatic rings. The molecule has 0 saturated heterocycles. The van der Waals surface area contributed by atoms with Gasteiger partial charge in [0.1, 0.15) is 0 Å². The van der Waals surface area contributed by atoms with Crippen molar-refractivity contribution in [2.45, 2.75) is 23.8 Å². The van der Waals surface area contributed by atoms with Crippen LogP contribution in [0.3, 0.4) is 0 Å². The van der Waals surface area contributed by atoms with Crippen LogP contribution in [-0.2, 0) is 9.84 Å². The number of hydrogen-bond donors (Lipinski definition) is 1. The highest BCUT2D eigenvalue weighted by molar-refractivity contribution is 7.91. The highest BCUT2D eigenvalue weighted by Crippen LogP contribution is 2.35. The van der Waals surface area contributed by atoms with Crippen LogP contribution in [0, 0.1) is 0 Å². The number of nitrogens with one attached hydrogen (secondary N) is 1. The van der Waals surface area contributed by atoms with E-state index >= 15 is 0 Å². The number of rotatable bonds is 5. The Morgan fingerprint density at radius 2 is 2.11 bits per heavy atom. The van der Waals surface area contributed by atoms with Crippen LogP contribution < -0.4 is 5.32 Å². The smallest absolute Gasteiger partial charge is 0.178 e. The van der Waals surface area contributed by atoms with E-state index in [-0.39, 0.29) is 11.8 Å². The molecular formula is C14H22N2O2S. The summed E-state index contributed by atoms with van der Waals surface area (Å²) < 4.78 is 24.1. The number of fused-ring (bicyclic) bond motifs is 1. The molecule has 19 heavy (non-hydrogen) atoms. The molecule has 106 valence electrons. The van der Waals surface area contributed by atoms with Crippen molar-refractivity contribution in [2.24, 2.45) is 0 Å². The molecule has 1 N–H and O–H groups in total. The third-order valence-corrected chi connectivity index (χ3v) is 5.56. The summed E-state index contributed by atoms with van der Waals surface area (Å²) in [4.78, 5) is 2.79. The largest absolute Gasteiger partial charge is 0.320 e. The zero-order valence-electron chi connectivity index (χ0n) is 11.6. The van der Waals surface area contributed by atoms with Crippen LogP contribution in [0.4, 0.5) is 0 Å². The Labute approximate surface area is 115 Å². The lowest BCUT2D eigenvalue weighted by molar-refractivity contribution is 0.230. The molecule has 1 aromatic carbocycles. The third kappa shape index (κ3) is 3.16. The van der Waals surface area contributed by atoms with Crippen molar-refractivity contribution < 1.29 is 8.42 Å². The molecule has 1 unspecified atom stereocenters. The Morgan fingerprint density at radius 1 is 1.37 bits per heavy atom. The Hall–Kier alpha value is -0.910. The molecule has 1 atom stereocenters. The average Bonchev–Trinajstić information content (AvgIpc) is 2.39. The summed E-state index contributed by atoms with van der Waals surface area (Å²) in [5.74, 6) is 0.255. The van der Waals surface area contributed by atoms with Crippen molar-refractivity contribution in [1.29, 1.82) is 0 Å². The standard InChI is InChI=1S/C14H22N2O2S/c1-15-9-5-10-16(2)13-8-11-19(17,18)14-7-4-3-6-12(13)14/h3-4,6-7,13,15H,5,8-11H2,1-2H3. The zero-order valence-corrected chi connectivity index (χ0v) is 12.4. The Kier molecular flexibility index (Phi) is 4.60. The summed E-state index contributed by atoms with van der Waals surface area (Å²) in [6, 6.07) is 7.63. The van der Waals surface area contributed by atoms with E-state index in [0.717, 1.165) is 25.1 Å². The van der Waals surface area contributed by atoms with Gasteiger partial charge in [0.15, 0.2) is 9.84 Å². The van der Waals surface area contributed by atoms with Crippen LogP contribution in [0.25, 0.3) is 0 Å². The number of sulfone groups is 1. The molecule has 0 aromatic heterocycles. The normalized spacial score (nSPS) is 21.3. The average molecular weight is 282 g/mol. The van der Waals surface area contributed by atoms with Crippen LogP contribution in [0.15, 0.2) is 29.2 Å². The monoisotopic (exact) mass is 282 g/mol. The molecule has 0 spiro atoms. The van der Waals surface area contributed by atoms with Crippen molar-refractivity contribution in [3.63, 3.8) is 0 Å². The highest BCUT2D eigenvalue weighted by atomic mass is 32.2. The minimum absolute atomic E-state index is 0.219. The molecule has 1 heterocycles. The Balaban J connectivity index is 2.20. The summed E-state index contributed by atoms with van der Waals surface area (Å²) in [6.07, 6.45) is 1.76. The first-order valence-corrected chi connectivity index (χ1v) is 8.38. The van der Waals surface area contributed by atoms with E-state index < -0.39 is 9.84 Å². The van der Waals surface area contributed by atoms with Gasteiger partial charge in [0.05, 0.1) is 10.6 Å². The predicted molar refractivity (Wildman–Crippen MR) is 77.0 cm³/mol. The van der Waals surface area contributed by atoms with Crippen LogP contribution in [0.1, 0.15) is 24.4 Å². The van der Waals surface area contributed by atoms with Gasteiger partial charge in [-0.05, 0) is 51.7 Å². The maximum absolute atomic E-state index is 12.1. The molecule has 0 amide bonds. The van der Waals surface area contributed by atoms with Gasteiger partial charge in [-0.1, -0.05) is 18.2 Å². The van der Waals surface area contributed by atoms with Gasteiger partial charge in [-0.15, -0.1) is 0 Å². The third-order valence-electron chi connectivity index (χ3n) is 3.74. The first kappa shape index (κ1) is 14.5. The first-order chi connectivity index (χ1) is 9.06. The highest BCUT2D eigenvalue weighted by Gasteiger charge is 2.31. The van der Waals surface area contributed by atoms with Crippen molar-refractivity contribution in [3.8, 4) is 0 Å². The number of nitrogens with zero attached hydrogens (tertiary/aromatic N) is 1. The van der Waals surface area contributed by atoms with Crippen LogP contribution in [0.2, 0.25) is 0 Å². The van der Waals surface area contributed by atoms with Crippen LogP contribution in [-0.4, -0.2) is 46.3 Å². The second-order valence-corrected chi connectivity index (χ2v) is 7.18. The molecule has 4 nitrogen and oxygen atoms in total.